The number of hydrogen-bond acceptors (Lipinski definition) is 1. The van der Waals surface area contributed by atoms with Crippen LogP contribution in [0.3, 0.4) is 0 Å². The van der Waals surface area contributed by atoms with Crippen molar-refractivity contribution in [1.82, 2.24) is 5.43 Å². The number of rotatable bonds is 1. The molecule has 6 heavy (non-hydrogen) atoms. The number of hydrazone groups is 1. The minimum absolute atomic E-state index is 0.944. The first-order valence-electron chi connectivity index (χ1n) is 1.69. The molecule has 3 heteroatoms. The summed E-state index contributed by atoms with van der Waals surface area (Å²) in [6.07, 6.45) is 0.944. The highest BCUT2D eigenvalue weighted by Gasteiger charge is 1.77. The minimum atomic E-state index is 0.944. The highest BCUT2D eigenvalue weighted by atomic mass is 16.3. The molecule has 0 aromatic rings. The molecule has 0 aromatic heterocycles. The van der Waals surface area contributed by atoms with Crippen molar-refractivity contribution in [3.63, 3.8) is 0 Å². The Bertz CT molecular complexity index is 59.8. The lowest BCUT2D eigenvalue weighted by Crippen LogP contribution is -2.20. The molecule has 0 radical (unpaired) electrons. The Morgan fingerprint density at radius 3 is 2.33 bits per heavy atom. The summed E-state index contributed by atoms with van der Waals surface area (Å²) in [5.74, 6) is 0. The van der Waals surface area contributed by atoms with Gasteiger partial charge in [-0.05, 0) is 0 Å². The van der Waals surface area contributed by atoms with Crippen LogP contribution >= 0.6 is 0 Å². The largest absolute Gasteiger partial charge is 0.464 e. The molecule has 0 bridgehead atoms. The first kappa shape index (κ1) is 5.27. The van der Waals surface area contributed by atoms with E-state index in [4.69, 9.17) is 5.11 Å². The molecule has 0 aliphatic heterocycles. The smallest absolute Gasteiger partial charge is 0.349 e. The Hall–Kier alpha value is -0.730. The molecule has 0 atom stereocenters. The average molecular weight is 89.1 g/mol. The molecule has 0 aromatic carbocycles. The molecule has 36 valence electrons. The fraction of sp³-hybridized carbons (Fsp3) is 0.667. The molecule has 3 nitrogen and oxygen atoms in total. The van der Waals surface area contributed by atoms with Crippen LogP contribution in [-0.4, -0.2) is 30.3 Å². The third kappa shape index (κ3) is 1.58. The molecule has 0 saturated heterocycles. The Morgan fingerprint density at radius 1 is 1.83 bits per heavy atom. The zero-order chi connectivity index (χ0) is 4.99. The number of aliphatic hydroxyl groups is 1. The SMILES string of the molecule is CN[N+](C)=CO. The van der Waals surface area contributed by atoms with Crippen LogP contribution in [0.15, 0.2) is 0 Å². The summed E-state index contributed by atoms with van der Waals surface area (Å²) in [6, 6.07) is 0. The van der Waals surface area contributed by atoms with E-state index < -0.39 is 0 Å². The van der Waals surface area contributed by atoms with Gasteiger partial charge in [-0.1, -0.05) is 4.68 Å². The van der Waals surface area contributed by atoms with E-state index in [2.05, 4.69) is 5.43 Å². The number of hydrazine groups is 1. The summed E-state index contributed by atoms with van der Waals surface area (Å²) < 4.78 is 1.43. The second-order valence-electron chi connectivity index (χ2n) is 0.950. The number of nitrogens with one attached hydrogen (secondary N) is 1. The minimum Gasteiger partial charge on any atom is -0.464 e. The lowest BCUT2D eigenvalue weighted by Gasteiger charge is -1.84. The van der Waals surface area contributed by atoms with Crippen molar-refractivity contribution in [1.29, 1.82) is 0 Å². The van der Waals surface area contributed by atoms with E-state index in [0.717, 1.165) is 6.40 Å². The van der Waals surface area contributed by atoms with E-state index in [-0.39, 0.29) is 0 Å². The maximum Gasteiger partial charge on any atom is 0.349 e. The van der Waals surface area contributed by atoms with E-state index in [1.54, 1.807) is 14.1 Å². The molecule has 0 rings (SSSR count). The Morgan fingerprint density at radius 2 is 2.33 bits per heavy atom. The van der Waals surface area contributed by atoms with E-state index in [1.807, 2.05) is 0 Å². The van der Waals surface area contributed by atoms with Gasteiger partial charge in [-0.3, -0.25) is 0 Å². The molecule has 0 aliphatic rings. The monoisotopic (exact) mass is 89.1 g/mol. The maximum absolute atomic E-state index is 8.07. The summed E-state index contributed by atoms with van der Waals surface area (Å²) in [4.78, 5) is 0. The Labute approximate surface area is 36.9 Å². The van der Waals surface area contributed by atoms with Crippen molar-refractivity contribution in [2.45, 2.75) is 0 Å². The quantitative estimate of drug-likeness (QED) is 0.194. The lowest BCUT2D eigenvalue weighted by atomic mass is 11.2. The second-order valence-corrected chi connectivity index (χ2v) is 0.950. The Kier molecular flexibility index (Phi) is 2.20. The summed E-state index contributed by atoms with van der Waals surface area (Å²) >= 11 is 0. The van der Waals surface area contributed by atoms with Gasteiger partial charge in [-0.15, -0.1) is 0 Å². The van der Waals surface area contributed by atoms with Crippen LogP contribution in [0.4, 0.5) is 0 Å². The first-order chi connectivity index (χ1) is 2.81. The van der Waals surface area contributed by atoms with Gasteiger partial charge in [-0.25, -0.2) is 0 Å². The highest BCUT2D eigenvalue weighted by molar-refractivity contribution is 5.34. The summed E-state index contributed by atoms with van der Waals surface area (Å²) in [5.41, 5.74) is 2.64. The van der Waals surface area contributed by atoms with Gasteiger partial charge < -0.3 is 5.11 Å². The highest BCUT2D eigenvalue weighted by Crippen LogP contribution is 1.41. The fourth-order valence-corrected chi connectivity index (χ4v) is 0.0577. The Balaban J connectivity index is 3.22. The number of aliphatic hydroxyl groups excluding tert-OH is 1. The zero-order valence-corrected chi connectivity index (χ0v) is 3.97. The molecule has 0 unspecified atom stereocenters. The molecular weight excluding hydrogens is 80.0 g/mol. The zero-order valence-electron chi connectivity index (χ0n) is 3.97. The second kappa shape index (κ2) is 2.50. The van der Waals surface area contributed by atoms with Crippen molar-refractivity contribution >= 4 is 6.40 Å². The van der Waals surface area contributed by atoms with Gasteiger partial charge in [0.05, 0.1) is 7.05 Å². The van der Waals surface area contributed by atoms with Gasteiger partial charge in [0.1, 0.15) is 0 Å². The maximum atomic E-state index is 8.07. The average Bonchev–Trinajstić information content (AvgIpc) is 1.65. The van der Waals surface area contributed by atoms with Crippen LogP contribution in [0, 0.1) is 0 Å². The topological polar surface area (TPSA) is 35.3 Å². The molecule has 0 saturated carbocycles. The summed E-state index contributed by atoms with van der Waals surface area (Å²) in [5, 5.41) is 8.07. The van der Waals surface area contributed by atoms with Gasteiger partial charge in [-0.2, -0.15) is 5.43 Å². The van der Waals surface area contributed by atoms with Crippen molar-refractivity contribution in [3.8, 4) is 0 Å². The van der Waals surface area contributed by atoms with Crippen LogP contribution in [-0.2, 0) is 0 Å². The van der Waals surface area contributed by atoms with Gasteiger partial charge in [0, 0.05) is 0 Å². The van der Waals surface area contributed by atoms with Crippen LogP contribution in [0.25, 0.3) is 0 Å². The van der Waals surface area contributed by atoms with Crippen LogP contribution in [0.1, 0.15) is 0 Å². The van der Waals surface area contributed by atoms with Crippen LogP contribution < -0.4 is 5.43 Å². The van der Waals surface area contributed by atoms with Gasteiger partial charge in [0.25, 0.3) is 0 Å². The predicted molar refractivity (Wildman–Crippen MR) is 23.9 cm³/mol. The first-order valence-corrected chi connectivity index (χ1v) is 1.69. The predicted octanol–water partition coefficient (Wildman–Crippen LogP) is -0.651. The van der Waals surface area contributed by atoms with E-state index in [1.165, 1.54) is 4.68 Å². The number of hydrogen-bond donors (Lipinski definition) is 2. The summed E-state index contributed by atoms with van der Waals surface area (Å²) in [6.45, 7) is 0. The van der Waals surface area contributed by atoms with Crippen molar-refractivity contribution in [2.24, 2.45) is 0 Å². The van der Waals surface area contributed by atoms with Gasteiger partial charge in [0.15, 0.2) is 7.05 Å². The molecule has 0 spiro atoms. The van der Waals surface area contributed by atoms with Crippen molar-refractivity contribution < 1.29 is 9.79 Å². The third-order valence-electron chi connectivity index (χ3n) is 0.526. The molecule has 0 heterocycles. The molecule has 2 N–H and O–H groups in total. The van der Waals surface area contributed by atoms with Gasteiger partial charge >= 0.3 is 6.40 Å². The van der Waals surface area contributed by atoms with Crippen molar-refractivity contribution in [2.75, 3.05) is 14.1 Å². The normalized spacial score (nSPS) is 11.3. The molecule has 0 aliphatic carbocycles. The lowest BCUT2D eigenvalue weighted by molar-refractivity contribution is -0.556. The van der Waals surface area contributed by atoms with Gasteiger partial charge in [0.2, 0.25) is 0 Å². The molecule has 0 fully saturated rings. The third-order valence-corrected chi connectivity index (χ3v) is 0.526. The van der Waals surface area contributed by atoms with E-state index in [9.17, 15) is 0 Å². The van der Waals surface area contributed by atoms with Crippen LogP contribution in [0.2, 0.25) is 0 Å². The van der Waals surface area contributed by atoms with E-state index >= 15 is 0 Å². The summed E-state index contributed by atoms with van der Waals surface area (Å²) in [7, 11) is 3.41. The molecule has 0 amide bonds. The number of nitrogens with zero attached hydrogens (tertiary/aromatic N) is 1. The van der Waals surface area contributed by atoms with Crippen LogP contribution in [0.5, 0.6) is 0 Å². The fourth-order valence-electron chi connectivity index (χ4n) is 0.0577. The standard InChI is InChI=1S/C3H8N2O/c1-4-5(2)3-6/h3-4H,1-2H3/p+1. The van der Waals surface area contributed by atoms with E-state index in [0.29, 0.717) is 0 Å². The molecular formula is C3H9N2O+. The van der Waals surface area contributed by atoms with Crippen molar-refractivity contribution in [3.05, 3.63) is 0 Å².